The number of hydrogen-bond donors (Lipinski definition) is 2. The molecule has 0 spiro atoms. The van der Waals surface area contributed by atoms with Gasteiger partial charge in [-0.15, -0.1) is 10.2 Å². The quantitative estimate of drug-likeness (QED) is 0.300. The van der Waals surface area contributed by atoms with Gasteiger partial charge in [0.2, 0.25) is 5.89 Å². The number of rotatable bonds is 9. The summed E-state index contributed by atoms with van der Waals surface area (Å²) >= 11 is 0. The first kappa shape index (κ1) is 27.1. The molecule has 2 aromatic carbocycles. The van der Waals surface area contributed by atoms with Gasteiger partial charge >= 0.3 is 0 Å². The van der Waals surface area contributed by atoms with Crippen molar-refractivity contribution >= 4 is 32.1 Å². The number of aromatic nitrogens is 3. The van der Waals surface area contributed by atoms with Crippen LogP contribution in [-0.4, -0.2) is 66.4 Å². The number of piperidine rings is 1. The number of likely N-dealkylation sites (tertiary alicyclic amines) is 1. The zero-order valence-electron chi connectivity index (χ0n) is 22.1. The number of hydrogen-bond acceptors (Lipinski definition) is 8. The number of nitrogens with zero attached hydrogens (tertiary/aromatic N) is 4. The molecule has 5 rings (SSSR count). The maximum atomic E-state index is 14.3. The fraction of sp³-hybridized carbons (Fsp3) is 0.407. The predicted molar refractivity (Wildman–Crippen MR) is 147 cm³/mol. The van der Waals surface area contributed by atoms with Crippen molar-refractivity contribution in [1.82, 2.24) is 19.7 Å². The molecule has 0 aliphatic carbocycles. The molecule has 3 heterocycles. The maximum Gasteiger partial charge on any atom is 0.264 e. The molecule has 0 bridgehead atoms. The van der Waals surface area contributed by atoms with E-state index < -0.39 is 22.3 Å². The lowest BCUT2D eigenvalue weighted by Gasteiger charge is -2.30. The molecule has 208 valence electrons. The van der Waals surface area contributed by atoms with Crippen LogP contribution in [0.2, 0.25) is 0 Å². The van der Waals surface area contributed by atoms with Crippen LogP contribution in [-0.2, 0) is 22.9 Å². The molecular formula is C27H32F2N6O3S. The zero-order valence-corrected chi connectivity index (χ0v) is 22.9. The van der Waals surface area contributed by atoms with Crippen LogP contribution in [0.25, 0.3) is 22.5 Å². The summed E-state index contributed by atoms with van der Waals surface area (Å²) < 4.78 is 59.3. The first-order valence-electron chi connectivity index (χ1n) is 12.8. The number of sulfone groups is 1. The van der Waals surface area contributed by atoms with E-state index in [0.717, 1.165) is 50.2 Å². The van der Waals surface area contributed by atoms with Crippen LogP contribution in [0.5, 0.6) is 0 Å². The van der Waals surface area contributed by atoms with E-state index in [4.69, 9.17) is 4.42 Å². The number of benzene rings is 2. The van der Waals surface area contributed by atoms with Crippen LogP contribution >= 0.6 is 0 Å². The minimum atomic E-state index is -3.29. The van der Waals surface area contributed by atoms with Crippen LogP contribution in [0.15, 0.2) is 57.8 Å². The van der Waals surface area contributed by atoms with E-state index in [-0.39, 0.29) is 23.2 Å². The van der Waals surface area contributed by atoms with Gasteiger partial charge in [-0.2, -0.15) is 0 Å². The van der Waals surface area contributed by atoms with Gasteiger partial charge in [-0.1, -0.05) is 6.07 Å². The summed E-state index contributed by atoms with van der Waals surface area (Å²) in [5.41, 5.74) is 2.64. The molecule has 1 saturated heterocycles. The van der Waals surface area contributed by atoms with Crippen molar-refractivity contribution < 1.29 is 21.6 Å². The molecule has 2 N–H and O–H groups in total. The van der Waals surface area contributed by atoms with Crippen molar-refractivity contribution in [3.63, 3.8) is 0 Å². The largest absolute Gasteiger partial charge is 0.417 e. The standard InChI is InChI=1S/C27H32F2N6O3S/c1-27(28,29)17-35-23-6-4-5-22(31-19-11-13-34(2)14-12-19)21(23)15-24(35)26-33-32-25(38-26)16-30-18-7-9-20(10-8-18)39(3,36)37/h4-10,15,19,30-31H,11-14,16-17H2,1-3H3. The SMILES string of the molecule is CN1CCC(Nc2cccc3c2cc(-c2nnc(CNc4ccc(S(C)(=O)=O)cc4)o2)n3CC(C)(F)F)CC1. The molecule has 0 atom stereocenters. The van der Waals surface area contributed by atoms with E-state index in [1.54, 1.807) is 12.1 Å². The van der Waals surface area contributed by atoms with Gasteiger partial charge in [0.25, 0.3) is 11.8 Å². The molecule has 12 heteroatoms. The van der Waals surface area contributed by atoms with Gasteiger partial charge in [-0.05, 0) is 75.4 Å². The summed E-state index contributed by atoms with van der Waals surface area (Å²) in [6, 6.07) is 14.1. The second-order valence-electron chi connectivity index (χ2n) is 10.3. The summed E-state index contributed by atoms with van der Waals surface area (Å²) in [5.74, 6) is -2.55. The lowest BCUT2D eigenvalue weighted by atomic mass is 10.0. The number of nitrogens with one attached hydrogen (secondary N) is 2. The monoisotopic (exact) mass is 558 g/mol. The van der Waals surface area contributed by atoms with Gasteiger partial charge in [0.1, 0.15) is 5.69 Å². The second kappa shape index (κ2) is 10.6. The molecule has 1 fully saturated rings. The molecule has 0 saturated carbocycles. The topological polar surface area (TPSA) is 105 Å². The van der Waals surface area contributed by atoms with E-state index in [1.807, 2.05) is 24.3 Å². The third-order valence-corrected chi connectivity index (χ3v) is 8.00. The molecule has 39 heavy (non-hydrogen) atoms. The predicted octanol–water partition coefficient (Wildman–Crippen LogP) is 4.87. The molecule has 0 radical (unpaired) electrons. The van der Waals surface area contributed by atoms with Crippen LogP contribution < -0.4 is 10.6 Å². The highest BCUT2D eigenvalue weighted by atomic mass is 32.2. The molecule has 0 unspecified atom stereocenters. The summed E-state index contributed by atoms with van der Waals surface area (Å²) in [4.78, 5) is 2.52. The molecule has 9 nitrogen and oxygen atoms in total. The van der Waals surface area contributed by atoms with E-state index in [0.29, 0.717) is 22.9 Å². The van der Waals surface area contributed by atoms with Gasteiger partial charge < -0.3 is 24.5 Å². The lowest BCUT2D eigenvalue weighted by molar-refractivity contribution is 0.00541. The van der Waals surface area contributed by atoms with Crippen LogP contribution in [0.4, 0.5) is 20.2 Å². The van der Waals surface area contributed by atoms with Crippen molar-refractivity contribution in [3.05, 3.63) is 54.4 Å². The highest BCUT2D eigenvalue weighted by molar-refractivity contribution is 7.90. The van der Waals surface area contributed by atoms with Crippen molar-refractivity contribution in [3.8, 4) is 11.6 Å². The second-order valence-corrected chi connectivity index (χ2v) is 12.3. The number of alkyl halides is 2. The molecule has 1 aliphatic heterocycles. The van der Waals surface area contributed by atoms with E-state index in [2.05, 4.69) is 32.8 Å². The minimum Gasteiger partial charge on any atom is -0.417 e. The number of halogens is 2. The Labute approximate surface area is 226 Å². The molecular weight excluding hydrogens is 526 g/mol. The van der Waals surface area contributed by atoms with E-state index >= 15 is 0 Å². The zero-order chi connectivity index (χ0) is 27.8. The van der Waals surface area contributed by atoms with Crippen LogP contribution in [0.1, 0.15) is 25.7 Å². The van der Waals surface area contributed by atoms with Gasteiger partial charge in [0, 0.05) is 36.0 Å². The summed E-state index contributed by atoms with van der Waals surface area (Å²) in [6.07, 6.45) is 3.16. The van der Waals surface area contributed by atoms with Crippen LogP contribution in [0.3, 0.4) is 0 Å². The average molecular weight is 559 g/mol. The van der Waals surface area contributed by atoms with Crippen molar-refractivity contribution in [2.24, 2.45) is 0 Å². The molecule has 0 amide bonds. The summed E-state index contributed by atoms with van der Waals surface area (Å²) in [5, 5.41) is 15.8. The Morgan fingerprint density at radius 1 is 1.10 bits per heavy atom. The molecule has 4 aromatic rings. The summed E-state index contributed by atoms with van der Waals surface area (Å²) in [7, 11) is -1.18. The van der Waals surface area contributed by atoms with Crippen molar-refractivity contribution in [2.45, 2.75) is 49.7 Å². The van der Waals surface area contributed by atoms with E-state index in [9.17, 15) is 17.2 Å². The Morgan fingerprint density at radius 2 is 1.82 bits per heavy atom. The van der Waals surface area contributed by atoms with Gasteiger partial charge in [-0.3, -0.25) is 0 Å². The summed E-state index contributed by atoms with van der Waals surface area (Å²) in [6.45, 7) is 2.54. The fourth-order valence-electron chi connectivity index (χ4n) is 4.83. The minimum absolute atomic E-state index is 0.143. The Balaban J connectivity index is 1.41. The number of fused-ring (bicyclic) bond motifs is 1. The molecule has 2 aromatic heterocycles. The van der Waals surface area contributed by atoms with Crippen LogP contribution in [0, 0.1) is 0 Å². The average Bonchev–Trinajstić information content (AvgIpc) is 3.48. The smallest absolute Gasteiger partial charge is 0.264 e. The Kier molecular flexibility index (Phi) is 7.34. The normalized spacial score (nSPS) is 15.6. The van der Waals surface area contributed by atoms with E-state index in [1.165, 1.54) is 16.7 Å². The lowest BCUT2D eigenvalue weighted by Crippen LogP contribution is -2.36. The van der Waals surface area contributed by atoms with Crippen molar-refractivity contribution in [1.29, 1.82) is 0 Å². The van der Waals surface area contributed by atoms with Crippen molar-refractivity contribution in [2.75, 3.05) is 37.0 Å². The third-order valence-electron chi connectivity index (χ3n) is 6.87. The van der Waals surface area contributed by atoms with Gasteiger partial charge in [-0.25, -0.2) is 17.2 Å². The number of anilines is 2. The highest BCUT2D eigenvalue weighted by Crippen LogP contribution is 2.35. The Morgan fingerprint density at radius 3 is 2.49 bits per heavy atom. The fourth-order valence-corrected chi connectivity index (χ4v) is 5.47. The third kappa shape index (κ3) is 6.39. The Bertz CT molecular complexity index is 1550. The maximum absolute atomic E-state index is 14.3. The van der Waals surface area contributed by atoms with Gasteiger partial charge in [0.05, 0.1) is 23.5 Å². The Hall–Kier alpha value is -3.51. The van der Waals surface area contributed by atoms with Gasteiger partial charge in [0.15, 0.2) is 9.84 Å². The first-order valence-corrected chi connectivity index (χ1v) is 14.7. The molecule has 1 aliphatic rings. The first-order chi connectivity index (χ1) is 18.5. The highest BCUT2D eigenvalue weighted by Gasteiger charge is 2.27.